The second-order valence-corrected chi connectivity index (χ2v) is 8.75. The van der Waals surface area contributed by atoms with E-state index in [2.05, 4.69) is 9.71 Å². The third kappa shape index (κ3) is 3.72. The average molecular weight is 468 g/mol. The van der Waals surface area contributed by atoms with Gasteiger partial charge in [-0.1, -0.05) is 17.7 Å². The molecule has 0 aliphatic heterocycles. The number of benzene rings is 1. The Kier molecular flexibility index (Phi) is 5.36. The number of pyridine rings is 1. The lowest BCUT2D eigenvalue weighted by molar-refractivity contribution is 0.410. The smallest absolute Gasteiger partial charge is 0.264 e. The number of nitrogen functional groups attached to an aromatic ring is 1. The van der Waals surface area contributed by atoms with Crippen molar-refractivity contribution in [3.63, 3.8) is 0 Å². The molecule has 0 atom stereocenters. The number of halogens is 3. The Labute approximate surface area is 181 Å². The summed E-state index contributed by atoms with van der Waals surface area (Å²) in [4.78, 5) is 3.26. The van der Waals surface area contributed by atoms with E-state index in [4.69, 9.17) is 26.5 Å². The van der Waals surface area contributed by atoms with Crippen LogP contribution in [0.5, 0.6) is 5.75 Å². The Balaban J connectivity index is 1.73. The maximum atomic E-state index is 15.3. The Bertz CT molecular complexity index is 1370. The second kappa shape index (κ2) is 7.86. The van der Waals surface area contributed by atoms with Crippen molar-refractivity contribution in [3.8, 4) is 5.75 Å². The fourth-order valence-corrected chi connectivity index (χ4v) is 4.83. The largest absolute Gasteiger partial charge is 0.495 e. The zero-order valence-electron chi connectivity index (χ0n) is 16.1. The van der Waals surface area contributed by atoms with Gasteiger partial charge in [-0.3, -0.25) is 4.72 Å². The third-order valence-corrected chi connectivity index (χ3v) is 6.50. The van der Waals surface area contributed by atoms with Crippen LogP contribution in [0, 0.1) is 5.82 Å². The number of hydrogen-bond donors (Lipinski definition) is 2. The molecule has 7 nitrogen and oxygen atoms in total. The fourth-order valence-electron chi connectivity index (χ4n) is 3.37. The molecule has 0 spiro atoms. The fraction of sp³-hybridized carbons (Fsp3) is 0.150. The van der Waals surface area contributed by atoms with Crippen LogP contribution in [0.1, 0.15) is 18.4 Å². The minimum atomic E-state index is -4.48. The van der Waals surface area contributed by atoms with Gasteiger partial charge in [0.25, 0.3) is 10.0 Å². The van der Waals surface area contributed by atoms with Gasteiger partial charge in [0.15, 0.2) is 5.83 Å². The van der Waals surface area contributed by atoms with Crippen molar-refractivity contribution in [3.05, 3.63) is 64.7 Å². The van der Waals surface area contributed by atoms with E-state index < -0.39 is 26.6 Å². The van der Waals surface area contributed by atoms with Gasteiger partial charge in [-0.05, 0) is 25.0 Å². The number of nitrogens with two attached hydrogens (primary N) is 1. The molecule has 1 aromatic carbocycles. The summed E-state index contributed by atoms with van der Waals surface area (Å²) < 4.78 is 67.6. The monoisotopic (exact) mass is 467 g/mol. The number of aromatic nitrogens is 1. The molecular weight excluding hydrogens is 452 g/mol. The number of sulfonamides is 1. The minimum Gasteiger partial charge on any atom is -0.495 e. The maximum Gasteiger partial charge on any atom is 0.264 e. The molecule has 4 rings (SSSR count). The van der Waals surface area contributed by atoms with Crippen LogP contribution < -0.4 is 15.2 Å². The zero-order valence-corrected chi connectivity index (χ0v) is 17.7. The molecule has 2 heterocycles. The molecule has 3 aromatic rings. The van der Waals surface area contributed by atoms with Crippen LogP contribution in [0.2, 0.25) is 5.02 Å². The summed E-state index contributed by atoms with van der Waals surface area (Å²) in [6, 6.07) is 3.34. The number of hydrogen-bond acceptors (Lipinski definition) is 6. The van der Waals surface area contributed by atoms with Crippen LogP contribution in [0.4, 0.5) is 14.6 Å². The molecule has 3 N–H and O–H groups in total. The molecule has 1 aliphatic carbocycles. The van der Waals surface area contributed by atoms with Crippen LogP contribution in [-0.2, 0) is 10.0 Å². The van der Waals surface area contributed by atoms with Crippen molar-refractivity contribution in [2.45, 2.75) is 17.7 Å². The number of methoxy groups -OCH3 is 1. The van der Waals surface area contributed by atoms with Crippen LogP contribution in [0.15, 0.2) is 57.6 Å². The molecule has 0 fully saturated rings. The van der Waals surface area contributed by atoms with Gasteiger partial charge in [0, 0.05) is 23.4 Å². The van der Waals surface area contributed by atoms with Crippen LogP contribution >= 0.6 is 11.6 Å². The highest BCUT2D eigenvalue weighted by atomic mass is 35.5. The second-order valence-electron chi connectivity index (χ2n) is 6.69. The van der Waals surface area contributed by atoms with Crippen molar-refractivity contribution in [1.29, 1.82) is 0 Å². The lowest BCUT2D eigenvalue weighted by Crippen LogP contribution is -2.26. The lowest BCUT2D eigenvalue weighted by Gasteiger charge is -2.18. The summed E-state index contributed by atoms with van der Waals surface area (Å²) in [5.74, 6) is -1.77. The van der Waals surface area contributed by atoms with Crippen molar-refractivity contribution in [1.82, 2.24) is 9.71 Å². The first-order valence-electron chi connectivity index (χ1n) is 9.00. The van der Waals surface area contributed by atoms with Gasteiger partial charge >= 0.3 is 0 Å². The van der Waals surface area contributed by atoms with Crippen molar-refractivity contribution >= 4 is 44.0 Å². The van der Waals surface area contributed by atoms with Crippen LogP contribution in [-0.4, -0.2) is 20.5 Å². The van der Waals surface area contributed by atoms with Gasteiger partial charge in [-0.25, -0.2) is 22.2 Å². The first-order valence-corrected chi connectivity index (χ1v) is 10.9. The Hall–Kier alpha value is -3.11. The number of nitrogens with zero attached hydrogens (tertiary/aromatic N) is 1. The number of rotatable bonds is 5. The van der Waals surface area contributed by atoms with E-state index >= 15 is 4.39 Å². The number of anilines is 1. The number of allylic oxidation sites excluding steroid dienone is 3. The van der Waals surface area contributed by atoms with Crippen LogP contribution in [0.25, 0.3) is 16.5 Å². The number of furan rings is 1. The minimum absolute atomic E-state index is 0.0265. The molecule has 11 heteroatoms. The molecule has 0 unspecified atom stereocenters. The number of ether oxygens (including phenoxy) is 1. The van der Waals surface area contributed by atoms with E-state index in [0.29, 0.717) is 23.0 Å². The summed E-state index contributed by atoms with van der Waals surface area (Å²) in [6.45, 7) is 0. The summed E-state index contributed by atoms with van der Waals surface area (Å²) in [7, 11) is -3.21. The molecule has 162 valence electrons. The van der Waals surface area contributed by atoms with E-state index in [0.717, 1.165) is 12.1 Å². The van der Waals surface area contributed by atoms with Gasteiger partial charge in [0.05, 0.1) is 29.5 Å². The molecule has 0 saturated heterocycles. The third-order valence-electron chi connectivity index (χ3n) is 4.82. The molecule has 31 heavy (non-hydrogen) atoms. The molecule has 0 amide bonds. The molecule has 1 aliphatic rings. The first-order chi connectivity index (χ1) is 14.7. The van der Waals surface area contributed by atoms with Gasteiger partial charge in [0.1, 0.15) is 27.9 Å². The molecule has 0 saturated carbocycles. The lowest BCUT2D eigenvalue weighted by atomic mass is 9.95. The van der Waals surface area contributed by atoms with Crippen LogP contribution in [0.3, 0.4) is 0 Å². The van der Waals surface area contributed by atoms with E-state index in [1.807, 2.05) is 0 Å². The molecular formula is C20H16ClF2N3O4S. The Morgan fingerprint density at radius 3 is 2.84 bits per heavy atom. The highest BCUT2D eigenvalue weighted by Crippen LogP contribution is 2.39. The Morgan fingerprint density at radius 1 is 1.32 bits per heavy atom. The maximum absolute atomic E-state index is 15.3. The highest BCUT2D eigenvalue weighted by Gasteiger charge is 2.28. The topological polar surface area (TPSA) is 107 Å². The molecule has 0 radical (unpaired) electrons. The first kappa shape index (κ1) is 21.1. The molecule has 2 aromatic heterocycles. The molecule has 0 bridgehead atoms. The van der Waals surface area contributed by atoms with Gasteiger partial charge < -0.3 is 14.9 Å². The SMILES string of the molecule is COc1cc(F)c(S(=O)(=O)NC2=CCCC(c3coc4ccnc(N)c34)=C2F)cc1Cl. The average Bonchev–Trinajstić information content (AvgIpc) is 3.16. The quantitative estimate of drug-likeness (QED) is 0.570. The van der Waals surface area contributed by atoms with Crippen molar-refractivity contribution in [2.24, 2.45) is 0 Å². The standard InChI is InChI=1S/C20H16ClF2N3O4S/c1-29-16-8-13(22)17(7-12(16)21)31(27,28)26-14-4-2-3-10(19(14)23)11-9-30-15-5-6-25-20(24)18(11)15/h4-9,26H,2-3H2,1H3,(H2,24,25). The van der Waals surface area contributed by atoms with Gasteiger partial charge in [0.2, 0.25) is 0 Å². The summed E-state index contributed by atoms with van der Waals surface area (Å²) >= 11 is 5.93. The Morgan fingerprint density at radius 2 is 2.10 bits per heavy atom. The van der Waals surface area contributed by atoms with E-state index in [9.17, 15) is 12.8 Å². The van der Waals surface area contributed by atoms with Crippen molar-refractivity contribution in [2.75, 3.05) is 12.8 Å². The van der Waals surface area contributed by atoms with Gasteiger partial charge in [-0.2, -0.15) is 0 Å². The van der Waals surface area contributed by atoms with Crippen molar-refractivity contribution < 1.29 is 26.4 Å². The van der Waals surface area contributed by atoms with E-state index in [1.165, 1.54) is 25.6 Å². The summed E-state index contributed by atoms with van der Waals surface area (Å²) in [6.07, 6.45) is 4.80. The van der Waals surface area contributed by atoms with E-state index in [1.54, 1.807) is 6.07 Å². The number of nitrogens with one attached hydrogen (secondary N) is 1. The predicted octanol–water partition coefficient (Wildman–Crippen LogP) is 4.55. The highest BCUT2D eigenvalue weighted by molar-refractivity contribution is 7.89. The predicted molar refractivity (Wildman–Crippen MR) is 112 cm³/mol. The normalized spacial score (nSPS) is 14.6. The number of fused-ring (bicyclic) bond motifs is 1. The zero-order chi connectivity index (χ0) is 22.3. The summed E-state index contributed by atoms with van der Waals surface area (Å²) in [5, 5.41) is 0.330. The summed E-state index contributed by atoms with van der Waals surface area (Å²) in [5.41, 5.74) is 6.60. The van der Waals surface area contributed by atoms with E-state index in [-0.39, 0.29) is 34.3 Å². The van der Waals surface area contributed by atoms with Gasteiger partial charge in [-0.15, -0.1) is 0 Å².